The van der Waals surface area contributed by atoms with E-state index in [0.717, 1.165) is 15.4 Å². The minimum atomic E-state index is -0.0763. The quantitative estimate of drug-likeness (QED) is 0.651. The second kappa shape index (κ2) is 7.01. The second-order valence-electron chi connectivity index (χ2n) is 5.62. The van der Waals surface area contributed by atoms with Crippen LogP contribution in [0, 0.1) is 0 Å². The number of hydrogen-bond donors (Lipinski definition) is 1. The van der Waals surface area contributed by atoms with Crippen molar-refractivity contribution in [2.24, 2.45) is 0 Å². The van der Waals surface area contributed by atoms with Crippen molar-refractivity contribution >= 4 is 44.2 Å². The van der Waals surface area contributed by atoms with Gasteiger partial charge in [0, 0.05) is 45.8 Å². The summed E-state index contributed by atoms with van der Waals surface area (Å²) in [5, 5.41) is 3.98. The zero-order chi connectivity index (χ0) is 17.1. The molecule has 1 aromatic heterocycles. The molecular weight excluding hydrogens is 368 g/mol. The molecule has 0 atom stereocenters. The molecule has 0 aliphatic carbocycles. The molecule has 5 heteroatoms. The van der Waals surface area contributed by atoms with Crippen LogP contribution in [-0.4, -0.2) is 16.3 Å². The Bertz CT molecular complexity index is 915. The summed E-state index contributed by atoms with van der Waals surface area (Å²) in [5.74, 6) is -0.0944. The lowest BCUT2D eigenvalue weighted by Gasteiger charge is -2.08. The van der Waals surface area contributed by atoms with Gasteiger partial charge in [0.05, 0.1) is 0 Å². The number of anilines is 1. The van der Waals surface area contributed by atoms with Crippen LogP contribution in [0.25, 0.3) is 10.9 Å². The Morgan fingerprint density at radius 3 is 2.71 bits per heavy atom. The number of fused-ring (bicyclic) bond motifs is 1. The summed E-state index contributed by atoms with van der Waals surface area (Å²) in [7, 11) is 0. The van der Waals surface area contributed by atoms with E-state index in [1.54, 1.807) is 24.3 Å². The first-order valence-corrected chi connectivity index (χ1v) is 8.48. The highest BCUT2D eigenvalue weighted by atomic mass is 79.9. The Hall–Kier alpha value is -2.40. The number of hydrogen-bond acceptors (Lipinski definition) is 2. The molecule has 0 saturated heterocycles. The first-order chi connectivity index (χ1) is 11.5. The molecule has 3 rings (SSSR count). The largest absolute Gasteiger partial charge is 0.347 e. The number of aromatic nitrogens is 1. The SMILES string of the molecule is CC(=O)c1cccc(NC(=O)CCn2ccc3c(Br)cccc32)c1. The Kier molecular flexibility index (Phi) is 4.81. The number of ketones is 1. The fourth-order valence-corrected chi connectivity index (χ4v) is 3.13. The zero-order valence-corrected chi connectivity index (χ0v) is 14.8. The topological polar surface area (TPSA) is 51.1 Å². The fraction of sp³-hybridized carbons (Fsp3) is 0.158. The summed E-state index contributed by atoms with van der Waals surface area (Å²) < 4.78 is 3.11. The van der Waals surface area contributed by atoms with Gasteiger partial charge in [0.15, 0.2) is 5.78 Å². The molecule has 0 saturated carbocycles. The van der Waals surface area contributed by atoms with Gasteiger partial charge in [-0.1, -0.05) is 34.1 Å². The van der Waals surface area contributed by atoms with Gasteiger partial charge in [-0.15, -0.1) is 0 Å². The minimum Gasteiger partial charge on any atom is -0.347 e. The van der Waals surface area contributed by atoms with Gasteiger partial charge in [-0.05, 0) is 37.3 Å². The maximum absolute atomic E-state index is 12.2. The van der Waals surface area contributed by atoms with Crippen LogP contribution < -0.4 is 5.32 Å². The average Bonchev–Trinajstić information content (AvgIpc) is 2.98. The number of carbonyl (C=O) groups excluding carboxylic acids is 2. The third-order valence-electron chi connectivity index (χ3n) is 3.89. The van der Waals surface area contributed by atoms with Crippen LogP contribution in [0.4, 0.5) is 5.69 Å². The van der Waals surface area contributed by atoms with E-state index in [9.17, 15) is 9.59 Å². The first kappa shape index (κ1) is 16.5. The van der Waals surface area contributed by atoms with Gasteiger partial charge in [0.1, 0.15) is 0 Å². The molecular formula is C19H17BrN2O2. The van der Waals surface area contributed by atoms with Gasteiger partial charge in [-0.2, -0.15) is 0 Å². The number of carbonyl (C=O) groups is 2. The average molecular weight is 385 g/mol. The second-order valence-corrected chi connectivity index (χ2v) is 6.47. The van der Waals surface area contributed by atoms with Crippen LogP contribution in [0.1, 0.15) is 23.7 Å². The third-order valence-corrected chi connectivity index (χ3v) is 4.58. The predicted octanol–water partition coefficient (Wildman–Crippen LogP) is 4.64. The maximum atomic E-state index is 12.2. The predicted molar refractivity (Wildman–Crippen MR) is 99.3 cm³/mol. The molecule has 0 unspecified atom stereocenters. The van der Waals surface area contributed by atoms with Crippen molar-refractivity contribution in [1.82, 2.24) is 4.57 Å². The lowest BCUT2D eigenvalue weighted by atomic mass is 10.1. The first-order valence-electron chi connectivity index (χ1n) is 7.69. The number of benzene rings is 2. The third kappa shape index (κ3) is 3.57. The normalized spacial score (nSPS) is 10.8. The Labute approximate surface area is 148 Å². The van der Waals surface area contributed by atoms with E-state index >= 15 is 0 Å². The van der Waals surface area contributed by atoms with Crippen molar-refractivity contribution in [3.63, 3.8) is 0 Å². The number of amides is 1. The Balaban J connectivity index is 1.66. The Morgan fingerprint density at radius 2 is 1.92 bits per heavy atom. The van der Waals surface area contributed by atoms with Gasteiger partial charge >= 0.3 is 0 Å². The summed E-state index contributed by atoms with van der Waals surface area (Å²) in [6.45, 7) is 2.11. The van der Waals surface area contributed by atoms with Crippen LogP contribution in [-0.2, 0) is 11.3 Å². The van der Waals surface area contributed by atoms with Crippen LogP contribution in [0.2, 0.25) is 0 Å². The molecule has 1 heterocycles. The number of aryl methyl sites for hydroxylation is 1. The summed E-state index contributed by atoms with van der Waals surface area (Å²) in [5.41, 5.74) is 2.33. The molecule has 0 spiro atoms. The van der Waals surface area contributed by atoms with E-state index in [-0.39, 0.29) is 11.7 Å². The zero-order valence-electron chi connectivity index (χ0n) is 13.3. The van der Waals surface area contributed by atoms with Crippen molar-refractivity contribution in [3.8, 4) is 0 Å². The van der Waals surface area contributed by atoms with Gasteiger partial charge < -0.3 is 9.88 Å². The van der Waals surface area contributed by atoms with Gasteiger partial charge in [-0.25, -0.2) is 0 Å². The fourth-order valence-electron chi connectivity index (χ4n) is 2.64. The van der Waals surface area contributed by atoms with E-state index in [2.05, 4.69) is 25.8 Å². The van der Waals surface area contributed by atoms with Crippen molar-refractivity contribution < 1.29 is 9.59 Å². The summed E-state index contributed by atoms with van der Waals surface area (Å²) in [6.07, 6.45) is 2.35. The smallest absolute Gasteiger partial charge is 0.226 e. The van der Waals surface area contributed by atoms with Crippen molar-refractivity contribution in [2.45, 2.75) is 19.9 Å². The molecule has 0 radical (unpaired) electrons. The molecule has 0 bridgehead atoms. The van der Waals surface area contributed by atoms with Crippen LogP contribution in [0.5, 0.6) is 0 Å². The molecule has 122 valence electrons. The lowest BCUT2D eigenvalue weighted by Crippen LogP contribution is -2.14. The molecule has 0 aliphatic heterocycles. The number of rotatable bonds is 5. The lowest BCUT2D eigenvalue weighted by molar-refractivity contribution is -0.116. The van der Waals surface area contributed by atoms with Crippen LogP contribution in [0.15, 0.2) is 59.2 Å². The maximum Gasteiger partial charge on any atom is 0.226 e. The van der Waals surface area contributed by atoms with Crippen molar-refractivity contribution in [1.29, 1.82) is 0 Å². The van der Waals surface area contributed by atoms with E-state index < -0.39 is 0 Å². The molecule has 1 amide bonds. The van der Waals surface area contributed by atoms with Gasteiger partial charge in [-0.3, -0.25) is 9.59 Å². The Morgan fingerprint density at radius 1 is 1.12 bits per heavy atom. The highest BCUT2D eigenvalue weighted by Gasteiger charge is 2.08. The molecule has 3 aromatic rings. The highest BCUT2D eigenvalue weighted by Crippen LogP contribution is 2.24. The van der Waals surface area contributed by atoms with Crippen molar-refractivity contribution in [3.05, 3.63) is 64.8 Å². The van der Waals surface area contributed by atoms with Crippen LogP contribution in [0.3, 0.4) is 0 Å². The standard InChI is InChI=1S/C19H17BrN2O2/c1-13(23)14-4-2-5-15(12-14)21-19(24)9-11-22-10-8-16-17(20)6-3-7-18(16)22/h2-8,10,12H,9,11H2,1H3,(H,21,24). The minimum absolute atomic E-state index is 0.0181. The van der Waals surface area contributed by atoms with E-state index in [4.69, 9.17) is 0 Å². The van der Waals surface area contributed by atoms with Crippen LogP contribution >= 0.6 is 15.9 Å². The molecule has 4 nitrogen and oxygen atoms in total. The molecule has 0 aliphatic rings. The number of nitrogens with one attached hydrogen (secondary N) is 1. The molecule has 0 fully saturated rings. The summed E-state index contributed by atoms with van der Waals surface area (Å²) in [6, 6.07) is 15.0. The monoisotopic (exact) mass is 384 g/mol. The number of nitrogens with zero attached hydrogens (tertiary/aromatic N) is 1. The summed E-state index contributed by atoms with van der Waals surface area (Å²) >= 11 is 3.53. The molecule has 1 N–H and O–H groups in total. The van der Waals surface area contributed by atoms with Crippen molar-refractivity contribution in [2.75, 3.05) is 5.32 Å². The number of Topliss-reactive ketones (excluding diaryl/α,β-unsaturated/α-hetero) is 1. The summed E-state index contributed by atoms with van der Waals surface area (Å²) in [4.78, 5) is 23.6. The number of halogens is 1. The molecule has 24 heavy (non-hydrogen) atoms. The highest BCUT2D eigenvalue weighted by molar-refractivity contribution is 9.10. The molecule has 2 aromatic carbocycles. The van der Waals surface area contributed by atoms with Gasteiger partial charge in [0.2, 0.25) is 5.91 Å². The van der Waals surface area contributed by atoms with E-state index in [1.807, 2.05) is 30.5 Å². The van der Waals surface area contributed by atoms with E-state index in [1.165, 1.54) is 6.92 Å². The van der Waals surface area contributed by atoms with E-state index in [0.29, 0.717) is 24.2 Å². The van der Waals surface area contributed by atoms with Gasteiger partial charge in [0.25, 0.3) is 0 Å².